The van der Waals surface area contributed by atoms with Crippen LogP contribution in [0.4, 0.5) is 47.3 Å². The lowest BCUT2D eigenvalue weighted by atomic mass is 9.97. The predicted molar refractivity (Wildman–Crippen MR) is 557 cm³/mol. The third-order valence-corrected chi connectivity index (χ3v) is 26.5. The van der Waals surface area contributed by atoms with Crippen LogP contribution in [-0.2, 0) is 6.18 Å². The highest BCUT2D eigenvalue weighted by Crippen LogP contribution is 2.48. The van der Waals surface area contributed by atoms with E-state index in [-0.39, 0.29) is 0 Å². The summed E-state index contributed by atoms with van der Waals surface area (Å²) < 4.78 is 53.9. The van der Waals surface area contributed by atoms with E-state index in [1.54, 1.807) is 65.2 Å². The Balaban J connectivity index is 0.000000123. The number of aryl methyl sites for hydroxylation is 1. The Morgan fingerprint density at radius 2 is 0.469 bits per heavy atom. The first-order valence-electron chi connectivity index (χ1n) is 44.8. The molecule has 0 amide bonds. The standard InChI is InChI=1S/C42H18N8.C40H23F3N4.C40H20N6/c1-46-28-7-14-41-36(18-28)37-19-29(47-2)8-15-42(37)49(41)30-9-6-27(24-45)32(20-30)33-21-31(10-11-38(33)48-3)50-39-12-4-25(22-43)16-34(39)35-17-26(23-44)5-13-40(35)50;1-24-11-16-31-29-7-3-5-9-36(29)46(38(31)19-24)27-14-12-25(23-44)33(21-27)34-22-28(15-18-35(34)45-2)47-37-10-6-4-8-30(37)32-17-13-26(20-39(32)47)40(41,42)43;1-43-27-13-18-40-35(20-27)31-8-4-6-10-38(31)45(40)28-14-12-26(24-42)32(21-28)33-22-29(15-16-36(33)44-2)46-37-9-5-3-7-30(37)34-19-25(23-41)11-17-39(34)46/h4-21H;3-22H,1H3;3-22H. The van der Waals surface area contributed by atoms with Gasteiger partial charge in [-0.3, -0.25) is 0 Å². The zero-order valence-electron chi connectivity index (χ0n) is 75.2. The molecule has 18 aromatic carbocycles. The largest absolute Gasteiger partial charge is 0.416 e. The van der Waals surface area contributed by atoms with Gasteiger partial charge in [0, 0.05) is 82.6 Å². The summed E-state index contributed by atoms with van der Waals surface area (Å²) in [5.41, 5.74) is 24.3. The molecule has 0 N–H and O–H groups in total. The predicted octanol–water partition coefficient (Wildman–Crippen LogP) is 32.5. The third kappa shape index (κ3) is 14.4. The smallest absolute Gasteiger partial charge is 0.309 e. The quantitative estimate of drug-likeness (QED) is 0.129. The molecule has 0 aliphatic carbocycles. The van der Waals surface area contributed by atoms with E-state index < -0.39 is 11.7 Å². The van der Waals surface area contributed by atoms with E-state index in [1.165, 1.54) is 12.1 Å². The van der Waals surface area contributed by atoms with E-state index in [1.807, 2.05) is 247 Å². The van der Waals surface area contributed by atoms with E-state index in [9.17, 15) is 44.7 Å². The van der Waals surface area contributed by atoms with Gasteiger partial charge in [-0.15, -0.1) is 0 Å². The van der Waals surface area contributed by atoms with E-state index >= 15 is 0 Å². The van der Waals surface area contributed by atoms with Crippen LogP contribution < -0.4 is 0 Å². The maximum Gasteiger partial charge on any atom is 0.416 e. The van der Waals surface area contributed by atoms with Gasteiger partial charge >= 0.3 is 6.18 Å². The summed E-state index contributed by atoms with van der Waals surface area (Å²) in [5, 5.41) is 70.6. The van der Waals surface area contributed by atoms with Gasteiger partial charge in [0.05, 0.1) is 181 Å². The Morgan fingerprint density at radius 3 is 0.776 bits per heavy atom. The van der Waals surface area contributed by atoms with Crippen molar-refractivity contribution >= 4 is 165 Å². The van der Waals surface area contributed by atoms with Crippen LogP contribution >= 0.6 is 0 Å². The Labute approximate surface area is 813 Å². The molecule has 0 aliphatic rings. The van der Waals surface area contributed by atoms with Gasteiger partial charge in [-0.1, -0.05) is 127 Å². The minimum Gasteiger partial charge on any atom is -0.309 e. The lowest BCUT2D eigenvalue weighted by molar-refractivity contribution is -0.137. The lowest BCUT2D eigenvalue weighted by Gasteiger charge is -2.15. The van der Waals surface area contributed by atoms with Crippen molar-refractivity contribution in [3.05, 3.63) is 465 Å². The Hall–Kier alpha value is -21.6. The molecule has 21 heteroatoms. The van der Waals surface area contributed by atoms with Gasteiger partial charge in [0.25, 0.3) is 0 Å². The molecule has 0 unspecified atom stereocenters. The van der Waals surface area contributed by atoms with Gasteiger partial charge < -0.3 is 27.4 Å². The molecule has 0 saturated heterocycles. The molecular formula is C122H61F3N18. The monoisotopic (exact) mass is 1830 g/mol. The molecule has 0 spiro atoms. The fraction of sp³-hybridized carbons (Fsp3) is 0.0164. The highest BCUT2D eigenvalue weighted by Gasteiger charge is 2.32. The minimum absolute atomic E-state index is 0.331. The third-order valence-electron chi connectivity index (χ3n) is 26.5. The number of nitriles is 6. The van der Waals surface area contributed by atoms with Crippen LogP contribution in [-0.4, -0.2) is 27.4 Å². The van der Waals surface area contributed by atoms with E-state index in [2.05, 4.69) is 122 Å². The second-order valence-electron chi connectivity index (χ2n) is 34.3. The molecule has 0 atom stereocenters. The maximum atomic E-state index is 13.9. The van der Waals surface area contributed by atoms with Crippen molar-refractivity contribution in [2.45, 2.75) is 13.1 Å². The molecule has 0 bridgehead atoms. The number of hydrogen-bond acceptors (Lipinski definition) is 6. The van der Waals surface area contributed by atoms with E-state index in [0.29, 0.717) is 117 Å². The Morgan fingerprint density at radius 1 is 0.217 bits per heavy atom. The van der Waals surface area contributed by atoms with Crippen LogP contribution in [0.5, 0.6) is 0 Å². The van der Waals surface area contributed by atoms with Crippen LogP contribution in [0.25, 0.3) is 227 Å². The second kappa shape index (κ2) is 34.7. The molecule has 6 aromatic heterocycles. The minimum atomic E-state index is -4.51. The number of fused-ring (bicyclic) bond motifs is 18. The summed E-state index contributed by atoms with van der Waals surface area (Å²) in [6, 6.07) is 122. The van der Waals surface area contributed by atoms with Gasteiger partial charge in [-0.2, -0.15) is 44.7 Å². The normalized spacial score (nSPS) is 11.1. The second-order valence-corrected chi connectivity index (χ2v) is 34.3. The first-order chi connectivity index (χ1) is 69.9. The number of halogens is 3. The van der Waals surface area contributed by atoms with Crippen molar-refractivity contribution in [1.29, 1.82) is 31.6 Å². The van der Waals surface area contributed by atoms with Gasteiger partial charge in [0.1, 0.15) is 0 Å². The van der Waals surface area contributed by atoms with Crippen LogP contribution in [0, 0.1) is 114 Å². The summed E-state index contributed by atoms with van der Waals surface area (Å²) in [7, 11) is 0. The van der Waals surface area contributed by atoms with Crippen LogP contribution in [0.3, 0.4) is 0 Å². The summed E-state index contributed by atoms with van der Waals surface area (Å²) in [6.07, 6.45) is -4.51. The van der Waals surface area contributed by atoms with Crippen molar-refractivity contribution in [3.8, 4) is 104 Å². The maximum absolute atomic E-state index is 13.9. The van der Waals surface area contributed by atoms with Gasteiger partial charge in [-0.25, -0.2) is 29.1 Å². The van der Waals surface area contributed by atoms with Crippen LogP contribution in [0.1, 0.15) is 44.5 Å². The fourth-order valence-electron chi connectivity index (χ4n) is 20.2. The topological polar surface area (TPSA) is 198 Å². The lowest BCUT2D eigenvalue weighted by Crippen LogP contribution is -2.05. The van der Waals surface area contributed by atoms with Gasteiger partial charge in [0.15, 0.2) is 34.1 Å². The number of hydrogen-bond donors (Lipinski definition) is 0. The molecular weight excluding hydrogens is 1770 g/mol. The molecule has 0 radical (unpaired) electrons. The molecule has 0 fully saturated rings. The molecule has 0 saturated carbocycles. The van der Waals surface area contributed by atoms with E-state index in [0.717, 1.165) is 160 Å². The molecule has 24 rings (SSSR count). The number of rotatable bonds is 9. The Kier molecular flexibility index (Phi) is 21.1. The van der Waals surface area contributed by atoms with Crippen molar-refractivity contribution in [1.82, 2.24) is 27.4 Å². The average Bonchev–Trinajstić information content (AvgIpc) is 1.61. The molecule has 0 aliphatic heterocycles. The van der Waals surface area contributed by atoms with Gasteiger partial charge in [-0.05, 0) is 286 Å². The number of aromatic nitrogens is 6. The first kappa shape index (κ1) is 86.8. The summed E-state index contributed by atoms with van der Waals surface area (Å²) in [5.74, 6) is 0. The highest BCUT2D eigenvalue weighted by atomic mass is 19.4. The highest BCUT2D eigenvalue weighted by molar-refractivity contribution is 6.16. The average molecular weight is 1840 g/mol. The molecule has 143 heavy (non-hydrogen) atoms. The van der Waals surface area contributed by atoms with Crippen LogP contribution in [0.2, 0.25) is 0 Å². The van der Waals surface area contributed by atoms with Crippen molar-refractivity contribution in [2.75, 3.05) is 0 Å². The summed E-state index contributed by atoms with van der Waals surface area (Å²) >= 11 is 0. The van der Waals surface area contributed by atoms with Crippen molar-refractivity contribution in [3.63, 3.8) is 0 Å². The number of alkyl halides is 3. The zero-order valence-corrected chi connectivity index (χ0v) is 75.2. The number of para-hydroxylation sites is 4. The van der Waals surface area contributed by atoms with Crippen LogP contribution in [0.15, 0.2) is 352 Å². The number of benzene rings is 18. The molecule has 24 aromatic rings. The summed E-state index contributed by atoms with van der Waals surface area (Å²) in [4.78, 5) is 22.4. The first-order valence-corrected chi connectivity index (χ1v) is 44.8. The molecule has 6 heterocycles. The van der Waals surface area contributed by atoms with Crippen molar-refractivity contribution < 1.29 is 13.2 Å². The Bertz CT molecular complexity index is 9790. The fourth-order valence-corrected chi connectivity index (χ4v) is 20.2. The zero-order chi connectivity index (χ0) is 98.3. The van der Waals surface area contributed by atoms with Gasteiger partial charge in [0.2, 0.25) is 0 Å². The summed E-state index contributed by atoms with van der Waals surface area (Å²) in [6.45, 7) is 48.8. The molecule has 18 nitrogen and oxygen atoms in total. The van der Waals surface area contributed by atoms with Crippen molar-refractivity contribution in [2.24, 2.45) is 0 Å². The number of nitrogens with zero attached hydrogens (tertiary/aromatic N) is 18. The van der Waals surface area contributed by atoms with E-state index in [4.69, 9.17) is 39.4 Å². The molecule has 660 valence electrons. The SMILES string of the molecule is [C-]#[N+]c1ccc(-n2c3ccccc3c3ccc(C(F)(F)F)cc32)cc1-c1cc(-n2c3ccccc3c3ccc(C)cc32)ccc1C#N.[C-]#[N+]c1ccc2c(c1)c1cc([N+]#[C-])ccc1n2-c1ccc(C#N)c(-c2cc(-n3c4ccc(C#N)cc4c4cc(C#N)ccc43)ccc2[N+]#[C-])c1.[C-]#[N+]c1ccc2c(c1)c1ccccc1n2-c1ccc(C#N)c(-c2cc(-n3c4ccccc4c4cc(C#N)ccc43)ccc2[N+]#[C-])c1.